The van der Waals surface area contributed by atoms with Crippen LogP contribution in [-0.4, -0.2) is 17.4 Å². The van der Waals surface area contributed by atoms with Crippen LogP contribution >= 0.6 is 0 Å². The molecule has 5 aliphatic carbocycles. The van der Waals surface area contributed by atoms with Gasteiger partial charge in [-0.2, -0.15) is 0 Å². The van der Waals surface area contributed by atoms with Crippen molar-refractivity contribution in [3.8, 4) is 0 Å². The van der Waals surface area contributed by atoms with Gasteiger partial charge in [0.25, 0.3) is 0 Å². The van der Waals surface area contributed by atoms with Gasteiger partial charge in [0.2, 0.25) is 0 Å². The van der Waals surface area contributed by atoms with E-state index in [-0.39, 0.29) is 22.4 Å². The summed E-state index contributed by atoms with van der Waals surface area (Å²) >= 11 is 0. The van der Waals surface area contributed by atoms with Crippen LogP contribution in [-0.2, 0) is 14.3 Å². The molecule has 0 radical (unpaired) electrons. The van der Waals surface area contributed by atoms with Gasteiger partial charge in [-0.05, 0) is 92.4 Å². The standard InChI is InChI=1S/C24H32O3/c1-3-23-9-5-17-21(18(23)6-10-24(23)11-7-20(26)27-24)16-13-15(16)19-12-14(25)4-8-22(17,19)2/h12,15-18,21H,3-11,13H2,1-2H3/t15-,16+,17?,18?,21-,22-,23+,24-/m1/s1. The summed E-state index contributed by atoms with van der Waals surface area (Å²) in [6.07, 6.45) is 12.7. The van der Waals surface area contributed by atoms with Gasteiger partial charge in [0.05, 0.1) is 0 Å². The van der Waals surface area contributed by atoms with Gasteiger partial charge in [0.1, 0.15) is 5.60 Å². The lowest BCUT2D eigenvalue weighted by molar-refractivity contribution is -0.173. The number of ether oxygens (including phenoxy) is 1. The van der Waals surface area contributed by atoms with Crippen LogP contribution in [0.4, 0.5) is 0 Å². The molecule has 1 aliphatic heterocycles. The number of rotatable bonds is 1. The average molecular weight is 369 g/mol. The molecule has 6 aliphatic rings. The Kier molecular flexibility index (Phi) is 3.16. The van der Waals surface area contributed by atoms with Gasteiger partial charge < -0.3 is 4.74 Å². The molecule has 0 aromatic rings. The van der Waals surface area contributed by atoms with E-state index in [2.05, 4.69) is 19.9 Å². The summed E-state index contributed by atoms with van der Waals surface area (Å²) < 4.78 is 6.15. The van der Waals surface area contributed by atoms with Crippen LogP contribution in [0.15, 0.2) is 11.6 Å². The van der Waals surface area contributed by atoms with E-state index in [0.29, 0.717) is 18.1 Å². The Bertz CT molecular complexity index is 768. The second-order valence-electron chi connectivity index (χ2n) is 10.8. The number of hydrogen-bond acceptors (Lipinski definition) is 3. The molecule has 146 valence electrons. The SMILES string of the molecule is CC[C@]12CCC3[C@H](C1CC[C@@]21CCC(=O)O1)[C@H]1C[C@H]1C1=CC(=O)CC[C@@]13C. The van der Waals surface area contributed by atoms with Crippen molar-refractivity contribution in [1.82, 2.24) is 0 Å². The van der Waals surface area contributed by atoms with Gasteiger partial charge in [-0.15, -0.1) is 0 Å². The first-order chi connectivity index (χ1) is 12.9. The number of esters is 1. The lowest BCUT2D eigenvalue weighted by Gasteiger charge is -2.59. The van der Waals surface area contributed by atoms with Crippen LogP contribution in [0.25, 0.3) is 0 Å². The van der Waals surface area contributed by atoms with Gasteiger partial charge in [-0.1, -0.05) is 19.4 Å². The predicted octanol–water partition coefficient (Wildman–Crippen LogP) is 4.84. The molecule has 1 heterocycles. The highest BCUT2D eigenvalue weighted by Gasteiger charge is 2.72. The van der Waals surface area contributed by atoms with Gasteiger partial charge in [0, 0.05) is 18.3 Å². The van der Waals surface area contributed by atoms with Crippen LogP contribution < -0.4 is 0 Å². The van der Waals surface area contributed by atoms with Gasteiger partial charge in [0.15, 0.2) is 5.78 Å². The van der Waals surface area contributed by atoms with E-state index in [4.69, 9.17) is 4.74 Å². The summed E-state index contributed by atoms with van der Waals surface area (Å²) in [4.78, 5) is 24.2. The normalized spacial score (nSPS) is 55.3. The smallest absolute Gasteiger partial charge is 0.306 e. The highest BCUT2D eigenvalue weighted by atomic mass is 16.6. The third-order valence-corrected chi connectivity index (χ3v) is 10.4. The number of ketones is 1. The molecule has 6 rings (SSSR count). The van der Waals surface area contributed by atoms with Crippen molar-refractivity contribution in [3.05, 3.63) is 11.6 Å². The van der Waals surface area contributed by atoms with E-state index in [0.717, 1.165) is 55.8 Å². The molecular weight excluding hydrogens is 336 g/mol. The molecule has 3 heteroatoms. The van der Waals surface area contributed by atoms with Crippen LogP contribution in [0.2, 0.25) is 0 Å². The van der Waals surface area contributed by atoms with Gasteiger partial charge >= 0.3 is 5.97 Å². The zero-order chi connectivity index (χ0) is 18.6. The Hall–Kier alpha value is -1.12. The minimum atomic E-state index is -0.154. The fourth-order valence-electron chi connectivity index (χ4n) is 9.23. The van der Waals surface area contributed by atoms with Crippen molar-refractivity contribution in [2.45, 2.75) is 83.7 Å². The number of fused-ring (bicyclic) bond motifs is 9. The first-order valence-corrected chi connectivity index (χ1v) is 11.4. The molecule has 27 heavy (non-hydrogen) atoms. The summed E-state index contributed by atoms with van der Waals surface area (Å²) in [6, 6.07) is 0. The third-order valence-electron chi connectivity index (χ3n) is 10.4. The first kappa shape index (κ1) is 16.8. The fourth-order valence-corrected chi connectivity index (χ4v) is 9.23. The van der Waals surface area contributed by atoms with Crippen molar-refractivity contribution in [2.75, 3.05) is 0 Å². The molecule has 3 nitrogen and oxygen atoms in total. The third kappa shape index (κ3) is 1.85. The van der Waals surface area contributed by atoms with Crippen LogP contribution in [0.5, 0.6) is 0 Å². The quantitative estimate of drug-likeness (QED) is 0.622. The highest BCUT2D eigenvalue weighted by molar-refractivity contribution is 5.92. The predicted molar refractivity (Wildman–Crippen MR) is 102 cm³/mol. The van der Waals surface area contributed by atoms with Gasteiger partial charge in [-0.3, -0.25) is 9.59 Å². The molecule has 0 amide bonds. The number of carbonyl (C=O) groups excluding carboxylic acids is 2. The van der Waals surface area contributed by atoms with Crippen molar-refractivity contribution in [2.24, 2.45) is 40.4 Å². The Morgan fingerprint density at radius 1 is 1.07 bits per heavy atom. The molecule has 1 saturated heterocycles. The first-order valence-electron chi connectivity index (χ1n) is 11.4. The molecule has 0 aromatic heterocycles. The Morgan fingerprint density at radius 3 is 2.63 bits per heavy atom. The Labute approximate surface area is 162 Å². The topological polar surface area (TPSA) is 43.4 Å². The second kappa shape index (κ2) is 5.07. The maximum absolute atomic E-state index is 12.1. The van der Waals surface area contributed by atoms with E-state index in [1.165, 1.54) is 31.3 Å². The zero-order valence-electron chi connectivity index (χ0n) is 16.8. The Morgan fingerprint density at radius 2 is 1.89 bits per heavy atom. The molecule has 0 N–H and O–H groups in total. The molecule has 0 bridgehead atoms. The molecule has 0 aromatic carbocycles. The maximum atomic E-state index is 12.1. The van der Waals surface area contributed by atoms with Crippen molar-refractivity contribution < 1.29 is 14.3 Å². The van der Waals surface area contributed by atoms with E-state index in [1.807, 2.05) is 0 Å². The molecule has 2 unspecified atom stereocenters. The second-order valence-corrected chi connectivity index (χ2v) is 10.8. The summed E-state index contributed by atoms with van der Waals surface area (Å²) in [5.41, 5.74) is 1.83. The Balaban J connectivity index is 1.42. The summed E-state index contributed by atoms with van der Waals surface area (Å²) in [6.45, 7) is 4.84. The average Bonchev–Trinajstić information content (AvgIpc) is 3.27. The summed E-state index contributed by atoms with van der Waals surface area (Å²) in [5.74, 6) is 4.12. The van der Waals surface area contributed by atoms with Crippen LogP contribution in [0, 0.1) is 40.4 Å². The van der Waals surface area contributed by atoms with Crippen LogP contribution in [0.3, 0.4) is 0 Å². The van der Waals surface area contributed by atoms with E-state index in [9.17, 15) is 9.59 Å². The largest absolute Gasteiger partial charge is 0.458 e. The monoisotopic (exact) mass is 368 g/mol. The molecule has 5 fully saturated rings. The van der Waals surface area contributed by atoms with Crippen molar-refractivity contribution >= 4 is 11.8 Å². The fraction of sp³-hybridized carbons (Fsp3) is 0.833. The van der Waals surface area contributed by atoms with Crippen molar-refractivity contribution in [3.63, 3.8) is 0 Å². The molecular formula is C24H32O3. The van der Waals surface area contributed by atoms with Crippen molar-refractivity contribution in [1.29, 1.82) is 0 Å². The number of carbonyl (C=O) groups is 2. The number of allylic oxidation sites excluding steroid dienone is 1. The minimum absolute atomic E-state index is 0.0431. The number of hydrogen-bond donors (Lipinski definition) is 0. The highest BCUT2D eigenvalue weighted by Crippen LogP contribution is 2.76. The lowest BCUT2D eigenvalue weighted by atomic mass is 9.45. The van der Waals surface area contributed by atoms with E-state index < -0.39 is 0 Å². The van der Waals surface area contributed by atoms with Gasteiger partial charge in [-0.25, -0.2) is 0 Å². The summed E-state index contributed by atoms with van der Waals surface area (Å²) in [5, 5.41) is 0. The minimum Gasteiger partial charge on any atom is -0.458 e. The molecule has 1 spiro atoms. The molecule has 8 atom stereocenters. The van der Waals surface area contributed by atoms with E-state index >= 15 is 0 Å². The van der Waals surface area contributed by atoms with Crippen LogP contribution in [0.1, 0.15) is 78.1 Å². The molecule has 4 saturated carbocycles. The lowest BCUT2D eigenvalue weighted by Crippen LogP contribution is -2.56. The maximum Gasteiger partial charge on any atom is 0.306 e. The van der Waals surface area contributed by atoms with E-state index in [1.54, 1.807) is 0 Å². The summed E-state index contributed by atoms with van der Waals surface area (Å²) in [7, 11) is 0. The zero-order valence-corrected chi connectivity index (χ0v) is 16.8.